The van der Waals surface area contributed by atoms with Crippen molar-refractivity contribution >= 4 is 16.7 Å². The number of imidazole rings is 1. The lowest BCUT2D eigenvalue weighted by Gasteiger charge is -2.11. The molecule has 4 rings (SSSR count). The Morgan fingerprint density at radius 1 is 0.938 bits per heavy atom. The maximum Gasteiger partial charge on any atom is 0.119 e. The highest BCUT2D eigenvalue weighted by molar-refractivity contribution is 5.81. The fraction of sp³-hybridized carbons (Fsp3) is 0.269. The highest BCUT2D eigenvalue weighted by Gasteiger charge is 2.06. The summed E-state index contributed by atoms with van der Waals surface area (Å²) in [6, 6.07) is 22.5. The summed E-state index contributed by atoms with van der Waals surface area (Å²) >= 11 is 0. The number of fused-ring (bicyclic) bond motifs is 1. The summed E-state index contributed by atoms with van der Waals surface area (Å²) in [6.45, 7) is 2.51. The van der Waals surface area contributed by atoms with Crippen LogP contribution >= 0.6 is 0 Å². The van der Waals surface area contributed by atoms with Crippen molar-refractivity contribution in [3.8, 4) is 17.2 Å². The van der Waals surface area contributed by atoms with Crippen LogP contribution in [0.3, 0.4) is 0 Å². The van der Waals surface area contributed by atoms with Crippen LogP contribution < -0.4 is 14.8 Å². The number of benzene rings is 3. The molecule has 0 aliphatic rings. The second kappa shape index (κ2) is 10.2. The Morgan fingerprint density at radius 3 is 2.41 bits per heavy atom. The van der Waals surface area contributed by atoms with Gasteiger partial charge in [-0.15, -0.1) is 0 Å². The first-order chi connectivity index (χ1) is 15.6. The molecule has 0 aliphatic heterocycles. The molecule has 0 amide bonds. The Hall–Kier alpha value is -3.51. The van der Waals surface area contributed by atoms with Crippen molar-refractivity contribution in [3.63, 3.8) is 0 Å². The van der Waals surface area contributed by atoms with Crippen molar-refractivity contribution in [1.82, 2.24) is 14.5 Å². The second-order valence-corrected chi connectivity index (χ2v) is 8.02. The largest absolute Gasteiger partial charge is 0.497 e. The van der Waals surface area contributed by atoms with Gasteiger partial charge in [-0.25, -0.2) is 4.98 Å². The molecule has 1 aromatic heterocycles. The minimum atomic E-state index is 0.735. The van der Waals surface area contributed by atoms with E-state index >= 15 is 0 Å². The van der Waals surface area contributed by atoms with Crippen LogP contribution in [0, 0.1) is 0 Å². The van der Waals surface area contributed by atoms with Gasteiger partial charge < -0.3 is 19.7 Å². The van der Waals surface area contributed by atoms with Crippen LogP contribution in [-0.4, -0.2) is 48.8 Å². The van der Waals surface area contributed by atoms with E-state index in [1.165, 1.54) is 5.56 Å². The molecule has 0 bridgehead atoms. The molecule has 0 saturated carbocycles. The van der Waals surface area contributed by atoms with E-state index in [4.69, 9.17) is 9.47 Å². The van der Waals surface area contributed by atoms with E-state index in [1.807, 2.05) is 42.7 Å². The number of rotatable bonds is 10. The van der Waals surface area contributed by atoms with Gasteiger partial charge in [0.1, 0.15) is 17.8 Å². The number of nitrogens with one attached hydrogen (secondary N) is 1. The van der Waals surface area contributed by atoms with Crippen molar-refractivity contribution in [3.05, 3.63) is 78.6 Å². The van der Waals surface area contributed by atoms with Crippen molar-refractivity contribution in [2.45, 2.75) is 13.0 Å². The quantitative estimate of drug-likeness (QED) is 0.360. The molecule has 0 fully saturated rings. The van der Waals surface area contributed by atoms with E-state index < -0.39 is 0 Å². The Labute approximate surface area is 189 Å². The maximum atomic E-state index is 5.81. The van der Waals surface area contributed by atoms with Gasteiger partial charge >= 0.3 is 0 Å². The topological polar surface area (TPSA) is 51.6 Å². The van der Waals surface area contributed by atoms with Crippen LogP contribution in [0.5, 0.6) is 11.5 Å². The van der Waals surface area contributed by atoms with Gasteiger partial charge in [0.05, 0.1) is 24.8 Å². The van der Waals surface area contributed by atoms with Crippen LogP contribution in [0.4, 0.5) is 5.69 Å². The molecule has 0 radical (unpaired) electrons. The highest BCUT2D eigenvalue weighted by atomic mass is 16.5. The summed E-state index contributed by atoms with van der Waals surface area (Å²) in [5.74, 6) is 1.76. The Balaban J connectivity index is 1.35. The molecule has 0 atom stereocenters. The molecule has 32 heavy (non-hydrogen) atoms. The predicted octanol–water partition coefficient (Wildman–Crippen LogP) is 4.98. The number of nitrogens with zero attached hydrogens (tertiary/aromatic N) is 3. The fourth-order valence-corrected chi connectivity index (χ4v) is 3.55. The van der Waals surface area contributed by atoms with Gasteiger partial charge in [-0.1, -0.05) is 12.1 Å². The van der Waals surface area contributed by atoms with Gasteiger partial charge in [0, 0.05) is 24.5 Å². The Morgan fingerprint density at radius 2 is 1.69 bits per heavy atom. The minimum Gasteiger partial charge on any atom is -0.497 e. The van der Waals surface area contributed by atoms with Crippen LogP contribution in [0.25, 0.3) is 16.7 Å². The number of aromatic nitrogens is 2. The molecule has 1 N–H and O–H groups in total. The number of ether oxygens (including phenoxy) is 2. The summed E-state index contributed by atoms with van der Waals surface area (Å²) in [5.41, 5.74) is 5.32. The first-order valence-electron chi connectivity index (χ1n) is 10.8. The van der Waals surface area contributed by atoms with Gasteiger partial charge in [-0.3, -0.25) is 4.57 Å². The zero-order chi connectivity index (χ0) is 22.3. The molecule has 166 valence electrons. The van der Waals surface area contributed by atoms with Gasteiger partial charge in [0.2, 0.25) is 0 Å². The summed E-state index contributed by atoms with van der Waals surface area (Å²) < 4.78 is 13.1. The van der Waals surface area contributed by atoms with Crippen molar-refractivity contribution in [2.75, 3.05) is 39.7 Å². The molecule has 0 aliphatic carbocycles. The summed E-state index contributed by atoms with van der Waals surface area (Å²) in [5, 5.41) is 3.49. The lowest BCUT2D eigenvalue weighted by molar-refractivity contribution is 0.281. The monoisotopic (exact) mass is 430 g/mol. The molecule has 3 aromatic carbocycles. The van der Waals surface area contributed by atoms with E-state index in [-0.39, 0.29) is 0 Å². The second-order valence-electron chi connectivity index (χ2n) is 8.02. The average Bonchev–Trinajstić information content (AvgIpc) is 3.24. The molecular formula is C26H30N4O2. The normalized spacial score (nSPS) is 11.1. The number of methoxy groups -OCH3 is 1. The fourth-order valence-electron chi connectivity index (χ4n) is 3.55. The van der Waals surface area contributed by atoms with Crippen LogP contribution in [0.2, 0.25) is 0 Å². The van der Waals surface area contributed by atoms with Gasteiger partial charge in [0.15, 0.2) is 0 Å². The molecular weight excluding hydrogens is 400 g/mol. The molecule has 6 heteroatoms. The molecule has 0 spiro atoms. The summed E-state index contributed by atoms with van der Waals surface area (Å²) in [7, 11) is 5.82. The summed E-state index contributed by atoms with van der Waals surface area (Å²) in [6.07, 6.45) is 2.88. The molecule has 1 heterocycles. The molecule has 0 unspecified atom stereocenters. The highest BCUT2D eigenvalue weighted by Crippen LogP contribution is 2.23. The number of hydrogen-bond donors (Lipinski definition) is 1. The third kappa shape index (κ3) is 5.39. The lowest BCUT2D eigenvalue weighted by atomic mass is 10.2. The van der Waals surface area contributed by atoms with Gasteiger partial charge in [0.25, 0.3) is 0 Å². The molecule has 6 nitrogen and oxygen atoms in total. The average molecular weight is 431 g/mol. The number of hydrogen-bond acceptors (Lipinski definition) is 5. The van der Waals surface area contributed by atoms with E-state index in [0.29, 0.717) is 0 Å². The molecule has 4 aromatic rings. The first kappa shape index (κ1) is 21.7. The van der Waals surface area contributed by atoms with Gasteiger partial charge in [-0.05, 0) is 80.7 Å². The van der Waals surface area contributed by atoms with Crippen molar-refractivity contribution in [2.24, 2.45) is 0 Å². The minimum absolute atomic E-state index is 0.735. The van der Waals surface area contributed by atoms with Crippen LogP contribution in [-0.2, 0) is 6.54 Å². The zero-order valence-electron chi connectivity index (χ0n) is 18.9. The lowest BCUT2D eigenvalue weighted by Crippen LogP contribution is -2.15. The first-order valence-corrected chi connectivity index (χ1v) is 10.8. The zero-order valence-corrected chi connectivity index (χ0v) is 18.9. The van der Waals surface area contributed by atoms with E-state index in [0.717, 1.165) is 60.0 Å². The van der Waals surface area contributed by atoms with E-state index in [1.54, 1.807) is 7.11 Å². The predicted molar refractivity (Wildman–Crippen MR) is 130 cm³/mol. The third-order valence-electron chi connectivity index (χ3n) is 5.34. The maximum absolute atomic E-state index is 5.81. The van der Waals surface area contributed by atoms with Crippen LogP contribution in [0.15, 0.2) is 73.1 Å². The third-order valence-corrected chi connectivity index (χ3v) is 5.34. The smallest absolute Gasteiger partial charge is 0.119 e. The van der Waals surface area contributed by atoms with Gasteiger partial charge in [-0.2, -0.15) is 0 Å². The van der Waals surface area contributed by atoms with E-state index in [2.05, 4.69) is 64.2 Å². The standard InChI is InChI=1S/C26H30N4O2/c1-29(2)15-4-16-32-24-10-5-20(6-11-24)18-27-21-7-14-26-25(17-21)28-19-30(26)22-8-12-23(31-3)13-9-22/h5-14,17,19,27H,4,15-16,18H2,1-3H3. The Kier molecular flexibility index (Phi) is 6.92. The van der Waals surface area contributed by atoms with Crippen LogP contribution in [0.1, 0.15) is 12.0 Å². The number of anilines is 1. The Bertz CT molecular complexity index is 1130. The molecule has 0 saturated heterocycles. The van der Waals surface area contributed by atoms with E-state index in [9.17, 15) is 0 Å². The summed E-state index contributed by atoms with van der Waals surface area (Å²) in [4.78, 5) is 6.75. The van der Waals surface area contributed by atoms with Crippen molar-refractivity contribution < 1.29 is 9.47 Å². The van der Waals surface area contributed by atoms with Crippen molar-refractivity contribution in [1.29, 1.82) is 0 Å². The SMILES string of the molecule is COc1ccc(-n2cnc3cc(NCc4ccc(OCCCN(C)C)cc4)ccc32)cc1.